The van der Waals surface area contributed by atoms with E-state index in [2.05, 4.69) is 72.8 Å². The first-order chi connectivity index (χ1) is 30.2. The maximum Gasteiger partial charge on any atom is 0.460 e. The Balaban J connectivity index is 0.000000276. The second-order valence-corrected chi connectivity index (χ2v) is 18.1. The average molecular weight is 971 g/mol. The predicted octanol–water partition coefficient (Wildman–Crippen LogP) is 13.0. The van der Waals surface area contributed by atoms with E-state index in [-0.39, 0.29) is 10.9 Å². The van der Waals surface area contributed by atoms with Crippen LogP contribution in [0.5, 0.6) is 17.2 Å². The van der Waals surface area contributed by atoms with Crippen molar-refractivity contribution >= 4 is 16.9 Å². The van der Waals surface area contributed by atoms with Gasteiger partial charge in [-0.15, -0.1) is 0 Å². The average Bonchev–Trinajstić information content (AvgIpc) is 3.26. The Labute approximate surface area is 367 Å². The summed E-state index contributed by atoms with van der Waals surface area (Å²) in [6.07, 6.45) is 12.2. The molecule has 3 aliphatic rings. The molecule has 0 N–H and O–H groups in total. The zero-order chi connectivity index (χ0) is 48.1. The Hall–Kier alpha value is -4.17. The van der Waals surface area contributed by atoms with Gasteiger partial charge in [0.05, 0.1) is 29.2 Å². The Kier molecular flexibility index (Phi) is 16.2. The molecule has 0 unspecified atom stereocenters. The summed E-state index contributed by atoms with van der Waals surface area (Å²) in [4.78, 5) is 13.5. The Morgan fingerprint density at radius 2 is 0.646 bits per heavy atom. The van der Waals surface area contributed by atoms with E-state index in [9.17, 15) is 75.8 Å². The van der Waals surface area contributed by atoms with Crippen molar-refractivity contribution in [3.05, 3.63) is 72.8 Å². The van der Waals surface area contributed by atoms with E-state index in [4.69, 9.17) is 14.2 Å². The van der Waals surface area contributed by atoms with E-state index in [1.807, 2.05) is 0 Å². The van der Waals surface area contributed by atoms with Gasteiger partial charge in [-0.2, -0.15) is 65.9 Å². The van der Waals surface area contributed by atoms with Crippen LogP contribution in [0, 0.1) is 0 Å². The highest BCUT2D eigenvalue weighted by molar-refractivity contribution is 7.97. The number of rotatable bonds is 15. The highest BCUT2D eigenvalue weighted by Crippen LogP contribution is 2.62. The summed E-state index contributed by atoms with van der Waals surface area (Å²) in [5, 5.41) is 9.61. The van der Waals surface area contributed by atoms with Crippen LogP contribution in [0.25, 0.3) is 0 Å². The molecule has 0 amide bonds. The number of carboxylic acids is 1. The normalized spacial score (nSPS) is 18.2. The van der Waals surface area contributed by atoms with Gasteiger partial charge < -0.3 is 24.1 Å². The van der Waals surface area contributed by atoms with Crippen molar-refractivity contribution in [1.29, 1.82) is 0 Å². The van der Waals surface area contributed by atoms with Gasteiger partial charge in [-0.05, 0) is 150 Å². The molecule has 3 fully saturated rings. The highest BCUT2D eigenvalue weighted by atomic mass is 32.2. The van der Waals surface area contributed by atoms with Crippen molar-refractivity contribution in [2.45, 2.75) is 171 Å². The lowest BCUT2D eigenvalue weighted by Crippen LogP contribution is -2.74. The van der Waals surface area contributed by atoms with Crippen molar-refractivity contribution in [3.8, 4) is 17.2 Å². The summed E-state index contributed by atoms with van der Waals surface area (Å²) < 4.78 is 205. The van der Waals surface area contributed by atoms with Crippen molar-refractivity contribution in [2.24, 2.45) is 0 Å². The molecule has 0 bridgehead atoms. The van der Waals surface area contributed by atoms with Crippen LogP contribution in [0.1, 0.15) is 96.3 Å². The fraction of sp³-hybridized carbons (Fsp3) is 0.568. The number of carbonyl (C=O) groups excluding carboxylic acids is 1. The van der Waals surface area contributed by atoms with Crippen molar-refractivity contribution in [3.63, 3.8) is 0 Å². The number of hydrogen-bond donors (Lipinski definition) is 0. The molecule has 5 nitrogen and oxygen atoms in total. The Morgan fingerprint density at radius 3 is 0.892 bits per heavy atom. The monoisotopic (exact) mass is 970 g/mol. The minimum Gasteiger partial charge on any atom is -0.544 e. The molecule has 21 heteroatoms. The van der Waals surface area contributed by atoms with E-state index in [0.717, 1.165) is 17.2 Å². The molecule has 0 saturated heterocycles. The number of aliphatic carboxylic acids is 1. The van der Waals surface area contributed by atoms with Crippen LogP contribution in [0.2, 0.25) is 0 Å². The van der Waals surface area contributed by atoms with E-state index >= 15 is 0 Å². The maximum atomic E-state index is 12.8. The molecule has 3 aromatic rings. The second-order valence-electron chi connectivity index (χ2n) is 16.1. The summed E-state index contributed by atoms with van der Waals surface area (Å²) in [7, 11) is -0.226. The predicted molar refractivity (Wildman–Crippen MR) is 205 cm³/mol. The molecule has 0 atom stereocenters. The number of benzene rings is 3. The van der Waals surface area contributed by atoms with Crippen LogP contribution in [0.3, 0.4) is 0 Å². The first kappa shape index (κ1) is 51.8. The highest BCUT2D eigenvalue weighted by Gasteiger charge is 2.93. The summed E-state index contributed by atoms with van der Waals surface area (Å²) in [5.41, 5.74) is 0. The summed E-state index contributed by atoms with van der Waals surface area (Å²) in [5.74, 6) is -50.4. The molecular weight excluding hydrogens is 926 g/mol. The van der Waals surface area contributed by atoms with Gasteiger partial charge in [-0.3, -0.25) is 0 Å². The first-order valence-corrected chi connectivity index (χ1v) is 22.1. The van der Waals surface area contributed by atoms with Gasteiger partial charge >= 0.3 is 41.7 Å². The van der Waals surface area contributed by atoms with Crippen LogP contribution in [0.4, 0.5) is 65.9 Å². The van der Waals surface area contributed by atoms with Gasteiger partial charge in [-0.25, -0.2) is 0 Å². The van der Waals surface area contributed by atoms with Crippen molar-refractivity contribution in [2.75, 3.05) is 0 Å². The SMILES string of the molecule is O=C([O-])C(F)(F)C(F)(F)C(F)(F)C(F)(F)C(F)(F)C(F)(F)C(F)(F)F.c1cc([S+](c2ccc(OC3CCCCC3)cc2)c2ccc(OC3CCCCC3)cc2)ccc1OC1CCCCC1. The van der Waals surface area contributed by atoms with E-state index in [1.165, 1.54) is 111 Å². The molecule has 0 aromatic heterocycles. The molecule has 65 heavy (non-hydrogen) atoms. The molecule has 0 aliphatic heterocycles. The minimum atomic E-state index is -8.50. The van der Waals surface area contributed by atoms with Crippen LogP contribution in [-0.2, 0) is 15.7 Å². The summed E-state index contributed by atoms with van der Waals surface area (Å²) in [6, 6.07) is 26.6. The molecule has 0 spiro atoms. The van der Waals surface area contributed by atoms with Gasteiger partial charge in [0, 0.05) is 0 Å². The van der Waals surface area contributed by atoms with Crippen molar-refractivity contribution < 1.29 is 90.0 Å². The zero-order valence-electron chi connectivity index (χ0n) is 34.4. The third-order valence-electron chi connectivity index (χ3n) is 11.3. The second kappa shape index (κ2) is 20.4. The van der Waals surface area contributed by atoms with E-state index in [1.54, 1.807) is 0 Å². The van der Waals surface area contributed by atoms with Crippen molar-refractivity contribution in [1.82, 2.24) is 0 Å². The summed E-state index contributed by atoms with van der Waals surface area (Å²) >= 11 is 0. The molecule has 0 heterocycles. The van der Waals surface area contributed by atoms with Crippen LogP contribution >= 0.6 is 0 Å². The van der Waals surface area contributed by atoms with Crippen LogP contribution < -0.4 is 19.3 Å². The largest absolute Gasteiger partial charge is 0.544 e. The topological polar surface area (TPSA) is 67.8 Å². The van der Waals surface area contributed by atoms with Gasteiger partial charge in [-0.1, -0.05) is 19.3 Å². The standard InChI is InChI=1S/C36H45O3S.C8HF15O2/c1-4-10-28(11-5-1)37-31-16-22-34(23-17-31)40(35-24-18-32(19-25-35)38-29-12-6-2-7-13-29)36-26-20-33(21-27-36)39-30-14-8-3-9-15-30;9-2(10,1(24)25)3(11,12)4(13,14)5(15,16)6(17,18)7(19,20)8(21,22)23/h16-30H,1-15H2;(H,24,25)/q+1;/p-1. The quantitative estimate of drug-likeness (QED) is 0.112. The third kappa shape index (κ3) is 11.2. The number of alkyl halides is 15. The zero-order valence-corrected chi connectivity index (χ0v) is 35.2. The Morgan fingerprint density at radius 1 is 0.400 bits per heavy atom. The third-order valence-corrected chi connectivity index (χ3v) is 13.6. The lowest BCUT2D eigenvalue weighted by atomic mass is 9.91. The fourth-order valence-electron chi connectivity index (χ4n) is 7.59. The Bertz CT molecular complexity index is 1830. The van der Waals surface area contributed by atoms with Crippen LogP contribution in [0.15, 0.2) is 87.5 Å². The molecule has 362 valence electrons. The smallest absolute Gasteiger partial charge is 0.460 e. The van der Waals surface area contributed by atoms with Gasteiger partial charge in [0.25, 0.3) is 0 Å². The number of carboxylic acid groups (broad SMARTS) is 1. The number of ether oxygens (including phenoxy) is 3. The molecule has 3 aromatic carbocycles. The van der Waals surface area contributed by atoms with E-state index in [0.29, 0.717) is 18.3 Å². The molecule has 3 aliphatic carbocycles. The molecule has 0 radical (unpaired) electrons. The van der Waals surface area contributed by atoms with Crippen LogP contribution in [-0.4, -0.2) is 66.0 Å². The number of hydrogen-bond acceptors (Lipinski definition) is 5. The summed E-state index contributed by atoms with van der Waals surface area (Å²) in [6.45, 7) is 0. The number of halogens is 15. The molecule has 6 rings (SSSR count). The maximum absolute atomic E-state index is 12.8. The lowest BCUT2D eigenvalue weighted by Gasteiger charge is -2.41. The van der Waals surface area contributed by atoms with Gasteiger partial charge in [0.2, 0.25) is 0 Å². The van der Waals surface area contributed by atoms with Gasteiger partial charge in [0.1, 0.15) is 23.2 Å². The fourth-order valence-corrected chi connectivity index (χ4v) is 9.63. The van der Waals surface area contributed by atoms with Gasteiger partial charge in [0.15, 0.2) is 14.7 Å². The minimum absolute atomic E-state index is 0.226. The lowest BCUT2D eigenvalue weighted by molar-refractivity contribution is -0.454. The first-order valence-electron chi connectivity index (χ1n) is 20.8. The van der Waals surface area contributed by atoms with E-state index < -0.39 is 47.7 Å². The number of carbonyl (C=O) groups is 1. The molecule has 3 saturated carbocycles. The molecular formula is C44H45F15O5S.